The van der Waals surface area contributed by atoms with E-state index in [2.05, 4.69) is 4.98 Å². The van der Waals surface area contributed by atoms with E-state index in [1.54, 1.807) is 0 Å². The number of hydrogen-bond donors (Lipinski definition) is 2. The summed E-state index contributed by atoms with van der Waals surface area (Å²) in [5.74, 6) is 5.32. The van der Waals surface area contributed by atoms with Crippen LogP contribution in [0.2, 0.25) is 0 Å². The van der Waals surface area contributed by atoms with Crippen molar-refractivity contribution >= 4 is 28.0 Å². The molecular weight excluding hydrogens is 192 g/mol. The highest BCUT2D eigenvalue weighted by Gasteiger charge is 2.08. The lowest BCUT2D eigenvalue weighted by Crippen LogP contribution is -2.33. The van der Waals surface area contributed by atoms with E-state index in [-0.39, 0.29) is 5.62 Å². The average molecular weight is 200 g/mol. The maximum atomic E-state index is 10.9. The standard InChI is InChI=1S/C6H8N4O2S/c7-5-1-6(3-9-2-5)10(8)13(12)4-11/h1-4H,7-8H2. The van der Waals surface area contributed by atoms with E-state index in [1.165, 1.54) is 18.5 Å². The summed E-state index contributed by atoms with van der Waals surface area (Å²) < 4.78 is 11.7. The first-order chi connectivity index (χ1) is 6.15. The van der Waals surface area contributed by atoms with Crippen molar-refractivity contribution in [2.24, 2.45) is 5.84 Å². The molecule has 0 radical (unpaired) electrons. The summed E-state index contributed by atoms with van der Waals surface area (Å²) in [6.45, 7) is 0. The third-order valence-corrected chi connectivity index (χ3v) is 2.04. The van der Waals surface area contributed by atoms with Crippen LogP contribution in [0.15, 0.2) is 18.5 Å². The molecule has 13 heavy (non-hydrogen) atoms. The highest BCUT2D eigenvalue weighted by molar-refractivity contribution is 7.99. The number of nitrogens with two attached hydrogens (primary N) is 2. The first kappa shape index (κ1) is 9.62. The molecule has 0 saturated carbocycles. The zero-order valence-corrected chi connectivity index (χ0v) is 7.40. The number of nitrogens with zero attached hydrogens (tertiary/aromatic N) is 2. The second-order valence-electron chi connectivity index (χ2n) is 2.17. The van der Waals surface area contributed by atoms with Crippen molar-refractivity contribution in [1.82, 2.24) is 4.98 Å². The lowest BCUT2D eigenvalue weighted by molar-refractivity contribution is 0.566. The van der Waals surface area contributed by atoms with Crippen LogP contribution in [0.5, 0.6) is 0 Å². The van der Waals surface area contributed by atoms with E-state index < -0.39 is 11.0 Å². The number of carbonyl (C=O) groups is 1. The zero-order valence-electron chi connectivity index (χ0n) is 6.58. The molecule has 7 heteroatoms. The number of pyridine rings is 1. The molecule has 6 nitrogen and oxygen atoms in total. The minimum absolute atomic E-state index is 0.225. The Morgan fingerprint density at radius 2 is 2.23 bits per heavy atom. The van der Waals surface area contributed by atoms with E-state index in [1.807, 2.05) is 0 Å². The molecule has 0 aliphatic rings. The van der Waals surface area contributed by atoms with Gasteiger partial charge in [-0.2, -0.15) is 0 Å². The molecule has 1 aromatic heterocycles. The van der Waals surface area contributed by atoms with Crippen LogP contribution in [0, 0.1) is 0 Å². The van der Waals surface area contributed by atoms with Crippen LogP contribution in [0.3, 0.4) is 0 Å². The third kappa shape index (κ3) is 2.23. The molecule has 1 atom stereocenters. The first-order valence-electron chi connectivity index (χ1n) is 3.26. The molecule has 1 heterocycles. The minimum Gasteiger partial charge on any atom is -0.397 e. The number of aromatic nitrogens is 1. The average Bonchev–Trinajstić information content (AvgIpc) is 2.15. The van der Waals surface area contributed by atoms with Crippen molar-refractivity contribution in [3.63, 3.8) is 0 Å². The predicted molar refractivity (Wildman–Crippen MR) is 50.2 cm³/mol. The highest BCUT2D eigenvalue weighted by atomic mass is 32.2. The monoisotopic (exact) mass is 200 g/mol. The van der Waals surface area contributed by atoms with Crippen molar-refractivity contribution in [2.75, 3.05) is 10.1 Å². The van der Waals surface area contributed by atoms with Crippen molar-refractivity contribution in [2.45, 2.75) is 0 Å². The Balaban J connectivity index is 2.94. The van der Waals surface area contributed by atoms with Gasteiger partial charge in [0.25, 0.3) is 0 Å². The molecule has 4 N–H and O–H groups in total. The molecule has 1 unspecified atom stereocenters. The molecule has 70 valence electrons. The van der Waals surface area contributed by atoms with Gasteiger partial charge in [-0.1, -0.05) is 0 Å². The number of carbonyl (C=O) groups excluding carboxylic acids is 1. The molecule has 0 amide bonds. The maximum absolute atomic E-state index is 10.9. The lowest BCUT2D eigenvalue weighted by atomic mass is 10.4. The van der Waals surface area contributed by atoms with Crippen LogP contribution in [0.25, 0.3) is 0 Å². The molecule has 1 rings (SSSR count). The minimum atomic E-state index is -1.90. The first-order valence-corrected chi connectivity index (χ1v) is 4.43. The van der Waals surface area contributed by atoms with Crippen LogP contribution in [0.1, 0.15) is 0 Å². The molecule has 0 aliphatic carbocycles. The van der Waals surface area contributed by atoms with Crippen LogP contribution in [-0.2, 0) is 15.8 Å². The van der Waals surface area contributed by atoms with Gasteiger partial charge < -0.3 is 5.73 Å². The predicted octanol–water partition coefficient (Wildman–Crippen LogP) is -0.802. The van der Waals surface area contributed by atoms with Gasteiger partial charge in [0.05, 0.1) is 17.6 Å². The highest BCUT2D eigenvalue weighted by Crippen LogP contribution is 2.13. The molecule has 0 saturated heterocycles. The summed E-state index contributed by atoms with van der Waals surface area (Å²) in [6.07, 6.45) is 2.78. The number of nitrogen functional groups attached to an aromatic ring is 1. The lowest BCUT2D eigenvalue weighted by Gasteiger charge is -2.12. The van der Waals surface area contributed by atoms with E-state index >= 15 is 0 Å². The summed E-state index contributed by atoms with van der Waals surface area (Å²) in [4.78, 5) is 13.9. The van der Waals surface area contributed by atoms with Gasteiger partial charge in [0.1, 0.15) is 0 Å². The Labute approximate surface area is 77.1 Å². The van der Waals surface area contributed by atoms with Gasteiger partial charge in [-0.3, -0.25) is 9.78 Å². The summed E-state index contributed by atoms with van der Waals surface area (Å²) >= 11 is 0. The Morgan fingerprint density at radius 1 is 1.54 bits per heavy atom. The van der Waals surface area contributed by atoms with Crippen molar-refractivity contribution in [3.8, 4) is 0 Å². The molecular formula is C6H8N4O2S. The van der Waals surface area contributed by atoms with Gasteiger partial charge in [-0.05, 0) is 6.07 Å². The second kappa shape index (κ2) is 3.97. The van der Waals surface area contributed by atoms with Crippen LogP contribution < -0.4 is 16.0 Å². The van der Waals surface area contributed by atoms with Gasteiger partial charge >= 0.3 is 0 Å². The fourth-order valence-electron chi connectivity index (χ4n) is 0.716. The van der Waals surface area contributed by atoms with Gasteiger partial charge in [0.15, 0.2) is 0 Å². The summed E-state index contributed by atoms with van der Waals surface area (Å²) in [6, 6.07) is 1.47. The Hall–Kier alpha value is -1.47. The molecule has 0 bridgehead atoms. The fraction of sp³-hybridized carbons (Fsp3) is 0. The number of rotatable bonds is 3. The van der Waals surface area contributed by atoms with Gasteiger partial charge in [-0.25, -0.2) is 14.5 Å². The van der Waals surface area contributed by atoms with E-state index in [0.29, 0.717) is 11.4 Å². The van der Waals surface area contributed by atoms with Crippen LogP contribution >= 0.6 is 0 Å². The fourth-order valence-corrected chi connectivity index (χ4v) is 1.12. The summed E-state index contributed by atoms with van der Waals surface area (Å²) in [5.41, 5.74) is 6.34. The number of anilines is 2. The van der Waals surface area contributed by atoms with Gasteiger partial charge in [0, 0.05) is 6.20 Å². The topological polar surface area (TPSA) is 102 Å². The normalized spacial score (nSPS) is 12.1. The summed E-state index contributed by atoms with van der Waals surface area (Å²) in [7, 11) is -1.90. The summed E-state index contributed by atoms with van der Waals surface area (Å²) in [5, 5.41) is 0. The van der Waals surface area contributed by atoms with Crippen LogP contribution in [-0.4, -0.2) is 14.8 Å². The van der Waals surface area contributed by atoms with Crippen molar-refractivity contribution in [1.29, 1.82) is 0 Å². The smallest absolute Gasteiger partial charge is 0.228 e. The van der Waals surface area contributed by atoms with Gasteiger partial charge in [0.2, 0.25) is 16.6 Å². The SMILES string of the molecule is Nc1cncc(N(N)S(=O)C=O)c1. The van der Waals surface area contributed by atoms with Crippen LogP contribution in [0.4, 0.5) is 11.4 Å². The molecule has 0 aromatic carbocycles. The Bertz CT molecular complexity index is 343. The molecule has 0 aliphatic heterocycles. The largest absolute Gasteiger partial charge is 0.397 e. The Kier molecular flexibility index (Phi) is 2.93. The number of hydrogen-bond acceptors (Lipinski definition) is 5. The molecule has 0 fully saturated rings. The van der Waals surface area contributed by atoms with Crippen molar-refractivity contribution < 1.29 is 9.00 Å². The Morgan fingerprint density at radius 3 is 2.77 bits per heavy atom. The number of hydrazine groups is 1. The van der Waals surface area contributed by atoms with E-state index in [0.717, 1.165) is 4.41 Å². The van der Waals surface area contributed by atoms with Crippen molar-refractivity contribution in [3.05, 3.63) is 18.5 Å². The van der Waals surface area contributed by atoms with Gasteiger partial charge in [-0.15, -0.1) is 0 Å². The van der Waals surface area contributed by atoms with E-state index in [4.69, 9.17) is 11.6 Å². The van der Waals surface area contributed by atoms with E-state index in [9.17, 15) is 9.00 Å². The zero-order chi connectivity index (χ0) is 9.84. The molecule has 0 spiro atoms. The second-order valence-corrected chi connectivity index (χ2v) is 3.31. The maximum Gasteiger partial charge on any atom is 0.228 e. The molecule has 1 aromatic rings. The third-order valence-electron chi connectivity index (χ3n) is 1.28. The quantitative estimate of drug-likeness (QED) is 0.377.